The van der Waals surface area contributed by atoms with Gasteiger partial charge in [-0.3, -0.25) is 14.7 Å². The maximum atomic E-state index is 13.6. The highest BCUT2D eigenvalue weighted by Crippen LogP contribution is 2.62. The molecule has 2 heterocycles. The lowest BCUT2D eigenvalue weighted by atomic mass is 10.1. The van der Waals surface area contributed by atoms with Crippen molar-refractivity contribution in [2.45, 2.75) is 37.4 Å². The average molecular weight is 477 g/mol. The van der Waals surface area contributed by atoms with Gasteiger partial charge in [-0.15, -0.1) is 0 Å². The molecule has 3 unspecified atom stereocenters. The molecule has 1 amide bonds. The summed E-state index contributed by atoms with van der Waals surface area (Å²) < 4.78 is 11.4. The van der Waals surface area contributed by atoms with Gasteiger partial charge in [-0.05, 0) is 54.4 Å². The minimum atomic E-state index is -1.06. The number of rotatable bonds is 8. The second kappa shape index (κ2) is 9.41. The number of epoxide rings is 1. The Labute approximate surface area is 196 Å². The summed E-state index contributed by atoms with van der Waals surface area (Å²) in [5, 5.41) is 19.4. The summed E-state index contributed by atoms with van der Waals surface area (Å²) in [5.41, 5.74) is 2.54. The highest BCUT2D eigenvalue weighted by Gasteiger charge is 2.71. The zero-order valence-corrected chi connectivity index (χ0v) is 19.4. The lowest BCUT2D eigenvalue weighted by molar-refractivity contribution is -0.119. The molecule has 4 rings (SSSR count). The van der Waals surface area contributed by atoms with Gasteiger partial charge in [0.25, 0.3) is 5.91 Å². The monoisotopic (exact) mass is 476 g/mol. The fraction of sp³-hybridized carbons (Fsp3) is 0.391. The second-order valence-electron chi connectivity index (χ2n) is 7.70. The molecule has 2 saturated heterocycles. The van der Waals surface area contributed by atoms with Gasteiger partial charge in [-0.1, -0.05) is 42.8 Å². The van der Waals surface area contributed by atoms with Crippen LogP contribution in [0.3, 0.4) is 0 Å². The highest BCUT2D eigenvalue weighted by molar-refractivity contribution is 8.17. The number of anilines is 1. The van der Waals surface area contributed by atoms with E-state index >= 15 is 0 Å². The van der Waals surface area contributed by atoms with Crippen molar-refractivity contribution in [1.29, 1.82) is 0 Å². The molecule has 7 nitrogen and oxygen atoms in total. The van der Waals surface area contributed by atoms with Crippen LogP contribution in [0.15, 0.2) is 47.5 Å². The van der Waals surface area contributed by atoms with E-state index in [9.17, 15) is 9.90 Å². The number of hydrogen-bond acceptors (Lipinski definition) is 7. The summed E-state index contributed by atoms with van der Waals surface area (Å²) in [6.45, 7) is 4.16. The molecule has 32 heavy (non-hydrogen) atoms. The van der Waals surface area contributed by atoms with E-state index < -0.39 is 23.7 Å². The number of nitrogens with zero attached hydrogens (tertiary/aromatic N) is 2. The molecule has 2 aliphatic rings. The van der Waals surface area contributed by atoms with Crippen LogP contribution in [0.4, 0.5) is 5.69 Å². The second-order valence-corrected chi connectivity index (χ2v) is 9.28. The van der Waals surface area contributed by atoms with Gasteiger partial charge >= 0.3 is 0 Å². The average Bonchev–Trinajstić information content (AvgIpc) is 3.45. The van der Waals surface area contributed by atoms with Gasteiger partial charge in [0.05, 0.1) is 17.3 Å². The number of aliphatic hydroxyl groups excluding tert-OH is 2. The van der Waals surface area contributed by atoms with Crippen LogP contribution in [0.25, 0.3) is 0 Å². The van der Waals surface area contributed by atoms with E-state index in [2.05, 4.69) is 4.99 Å². The first-order valence-electron chi connectivity index (χ1n) is 10.4. The van der Waals surface area contributed by atoms with Gasteiger partial charge in [0, 0.05) is 6.54 Å². The Bertz CT molecular complexity index is 1050. The summed E-state index contributed by atoms with van der Waals surface area (Å²) in [5.74, 6) is 0.230. The van der Waals surface area contributed by atoms with Crippen molar-refractivity contribution in [2.75, 3.05) is 24.7 Å². The third-order valence-corrected chi connectivity index (χ3v) is 6.82. The largest absolute Gasteiger partial charge is 0.489 e. The number of carbonyl (C=O) groups excluding carboxylic acids is 1. The van der Waals surface area contributed by atoms with Crippen molar-refractivity contribution >= 4 is 40.1 Å². The minimum Gasteiger partial charge on any atom is -0.489 e. The Kier molecular flexibility index (Phi) is 6.78. The highest BCUT2D eigenvalue weighted by atomic mass is 35.5. The third-order valence-electron chi connectivity index (χ3n) is 5.24. The van der Waals surface area contributed by atoms with Crippen molar-refractivity contribution in [3.8, 4) is 5.75 Å². The van der Waals surface area contributed by atoms with Gasteiger partial charge in [0.2, 0.25) is 4.93 Å². The van der Waals surface area contributed by atoms with Gasteiger partial charge in [0.1, 0.15) is 24.6 Å². The van der Waals surface area contributed by atoms with E-state index in [1.165, 1.54) is 11.8 Å². The van der Waals surface area contributed by atoms with E-state index in [4.69, 9.17) is 26.2 Å². The number of aliphatic imine (C=N–C) groups is 1. The summed E-state index contributed by atoms with van der Waals surface area (Å²) in [6.07, 6.45) is -0.573. The number of halogens is 1. The first-order chi connectivity index (χ1) is 15.4. The third kappa shape index (κ3) is 4.25. The molecule has 1 spiro atoms. The Hall–Kier alpha value is -2.10. The zero-order valence-electron chi connectivity index (χ0n) is 17.8. The minimum absolute atomic E-state index is 0.0730. The maximum absolute atomic E-state index is 13.6. The number of amidine groups is 1. The molecular formula is C23H25ClN2O5S. The van der Waals surface area contributed by atoms with Crippen LogP contribution in [0, 0.1) is 6.92 Å². The van der Waals surface area contributed by atoms with Crippen LogP contribution in [0.2, 0.25) is 5.02 Å². The summed E-state index contributed by atoms with van der Waals surface area (Å²) in [7, 11) is 0. The molecule has 170 valence electrons. The van der Waals surface area contributed by atoms with Crippen LogP contribution in [-0.4, -0.2) is 52.1 Å². The standard InChI is InChI=1S/C23H25ClN2O5S/c1-3-10-25-22-26(18-7-5-4-6-14(18)2)21(29)23(32-22)20(31-23)15-8-9-19(17(24)11-15)30-13-16(28)12-27/h4-9,11,16,20,27-28H,3,10,12-13H2,1-2H3. The van der Waals surface area contributed by atoms with Crippen LogP contribution >= 0.6 is 23.4 Å². The first kappa shape index (κ1) is 23.1. The summed E-state index contributed by atoms with van der Waals surface area (Å²) in [4.78, 5) is 18.8. The summed E-state index contributed by atoms with van der Waals surface area (Å²) in [6, 6.07) is 12.9. The molecule has 2 fully saturated rings. The van der Waals surface area contributed by atoms with Gasteiger partial charge in [-0.2, -0.15) is 0 Å². The van der Waals surface area contributed by atoms with Crippen LogP contribution < -0.4 is 9.64 Å². The van der Waals surface area contributed by atoms with E-state index in [1.54, 1.807) is 23.1 Å². The molecule has 9 heteroatoms. The number of amides is 1. The Morgan fingerprint density at radius 1 is 1.34 bits per heavy atom. The molecule has 0 radical (unpaired) electrons. The lowest BCUT2D eigenvalue weighted by Gasteiger charge is -2.18. The van der Waals surface area contributed by atoms with E-state index in [0.717, 1.165) is 23.2 Å². The number of aryl methyl sites for hydroxylation is 1. The van der Waals surface area contributed by atoms with E-state index in [0.29, 0.717) is 22.5 Å². The molecule has 0 saturated carbocycles. The molecule has 0 bridgehead atoms. The van der Waals surface area contributed by atoms with Gasteiger partial charge in [0.15, 0.2) is 5.17 Å². The first-order valence-corrected chi connectivity index (χ1v) is 11.6. The molecule has 2 aromatic carbocycles. The number of ether oxygens (including phenoxy) is 2. The SMILES string of the molecule is CCCN=C1SC2(OC2c2ccc(OCC(O)CO)c(Cl)c2)C(=O)N1c1ccccc1C. The number of carbonyl (C=O) groups is 1. The number of hydrogen-bond donors (Lipinski definition) is 2. The zero-order chi connectivity index (χ0) is 22.9. The van der Waals surface area contributed by atoms with E-state index in [-0.39, 0.29) is 12.5 Å². The molecule has 0 aliphatic carbocycles. The predicted octanol–water partition coefficient (Wildman–Crippen LogP) is 3.69. The summed E-state index contributed by atoms with van der Waals surface area (Å²) >= 11 is 7.69. The lowest BCUT2D eigenvalue weighted by Crippen LogP contribution is -2.34. The Morgan fingerprint density at radius 2 is 2.12 bits per heavy atom. The fourth-order valence-corrected chi connectivity index (χ4v) is 5.02. The molecule has 3 atom stereocenters. The maximum Gasteiger partial charge on any atom is 0.279 e. The molecule has 2 N–H and O–H groups in total. The van der Waals surface area contributed by atoms with Crippen LogP contribution in [0.1, 0.15) is 30.6 Å². The quantitative estimate of drug-likeness (QED) is 0.564. The van der Waals surface area contributed by atoms with E-state index in [1.807, 2.05) is 38.1 Å². The van der Waals surface area contributed by atoms with Crippen molar-refractivity contribution < 1.29 is 24.5 Å². The molecule has 2 aromatic rings. The number of thioether (sulfide) groups is 1. The van der Waals surface area contributed by atoms with Gasteiger partial charge < -0.3 is 19.7 Å². The smallest absolute Gasteiger partial charge is 0.279 e. The van der Waals surface area contributed by atoms with Crippen molar-refractivity contribution in [2.24, 2.45) is 4.99 Å². The number of benzene rings is 2. The topological polar surface area (TPSA) is 94.9 Å². The normalized spacial score (nSPS) is 24.4. The fourth-order valence-electron chi connectivity index (χ4n) is 3.51. The molecular weight excluding hydrogens is 452 g/mol. The van der Waals surface area contributed by atoms with Gasteiger partial charge in [-0.25, -0.2) is 0 Å². The molecule has 0 aromatic heterocycles. The van der Waals surface area contributed by atoms with Crippen molar-refractivity contribution in [3.05, 3.63) is 58.6 Å². The predicted molar refractivity (Wildman–Crippen MR) is 125 cm³/mol. The number of aliphatic hydroxyl groups is 2. The van der Waals surface area contributed by atoms with Crippen LogP contribution in [0.5, 0.6) is 5.75 Å². The van der Waals surface area contributed by atoms with Crippen molar-refractivity contribution in [1.82, 2.24) is 0 Å². The van der Waals surface area contributed by atoms with Crippen molar-refractivity contribution in [3.63, 3.8) is 0 Å². The Balaban J connectivity index is 1.58. The molecule has 2 aliphatic heterocycles. The van der Waals surface area contributed by atoms with Crippen LogP contribution in [-0.2, 0) is 9.53 Å². The number of para-hydroxylation sites is 1. The Morgan fingerprint density at radius 3 is 2.81 bits per heavy atom.